The van der Waals surface area contributed by atoms with Crippen molar-refractivity contribution in [2.75, 3.05) is 10.8 Å². The Morgan fingerprint density at radius 1 is 1.21 bits per heavy atom. The molecule has 38 heavy (non-hydrogen) atoms. The van der Waals surface area contributed by atoms with E-state index in [9.17, 15) is 23.3 Å². The van der Waals surface area contributed by atoms with Crippen molar-refractivity contribution in [3.63, 3.8) is 0 Å². The van der Waals surface area contributed by atoms with E-state index in [4.69, 9.17) is 9.15 Å². The summed E-state index contributed by atoms with van der Waals surface area (Å²) in [7, 11) is -4.86. The fourth-order valence-electron chi connectivity index (χ4n) is 3.61. The maximum atomic E-state index is 12.5. The molecule has 0 aliphatic carbocycles. The van der Waals surface area contributed by atoms with Gasteiger partial charge in [-0.1, -0.05) is 37.9 Å². The molecule has 1 aliphatic rings. The van der Waals surface area contributed by atoms with Crippen molar-refractivity contribution in [2.24, 2.45) is 4.99 Å². The van der Waals surface area contributed by atoms with Crippen LogP contribution in [0.3, 0.4) is 0 Å². The van der Waals surface area contributed by atoms with Crippen LogP contribution in [0, 0.1) is 0 Å². The molecule has 0 saturated carbocycles. The van der Waals surface area contributed by atoms with Crippen LogP contribution in [0.2, 0.25) is 0 Å². The van der Waals surface area contributed by atoms with E-state index in [2.05, 4.69) is 51.7 Å². The van der Waals surface area contributed by atoms with Gasteiger partial charge in [-0.05, 0) is 36.2 Å². The Bertz CT molecular complexity index is 1650. The first kappa shape index (κ1) is 32.1. The molecular formula is C20H11Br2N3Na2O9S2. The largest absolute Gasteiger partial charge is 1.00 e. The Morgan fingerprint density at radius 3 is 2.66 bits per heavy atom. The van der Waals surface area contributed by atoms with Gasteiger partial charge in [-0.3, -0.25) is 10.0 Å². The number of hydrogen-bond acceptors (Lipinski definition) is 12. The summed E-state index contributed by atoms with van der Waals surface area (Å²) in [5.41, 5.74) is 4.50. The number of rotatable bonds is 7. The number of benzene rings is 3. The van der Waals surface area contributed by atoms with Crippen LogP contribution in [0.15, 0.2) is 61.7 Å². The molecular weight excluding hydrogens is 696 g/mol. The Morgan fingerprint density at radius 2 is 1.97 bits per heavy atom. The van der Waals surface area contributed by atoms with E-state index in [-0.39, 0.29) is 87.4 Å². The van der Waals surface area contributed by atoms with E-state index in [1.165, 1.54) is 22.9 Å². The van der Waals surface area contributed by atoms with Crippen molar-refractivity contribution in [2.45, 2.75) is 14.6 Å². The average molecular weight is 707 g/mol. The zero-order valence-corrected chi connectivity index (χ0v) is 28.3. The third kappa shape index (κ3) is 6.23. The Balaban J connectivity index is 0.00000200. The first-order chi connectivity index (χ1) is 17.2. The second kappa shape index (κ2) is 13.0. The minimum absolute atomic E-state index is 0. The first-order valence-corrected chi connectivity index (χ1v) is 14.0. The second-order valence-corrected chi connectivity index (χ2v) is 11.1. The molecule has 0 bridgehead atoms. The zero-order chi connectivity index (χ0) is 25.6. The van der Waals surface area contributed by atoms with E-state index in [1.54, 1.807) is 18.2 Å². The molecule has 0 spiro atoms. The predicted octanol–water partition coefficient (Wildman–Crippen LogP) is -3.45. The molecule has 3 aromatic carbocycles. The van der Waals surface area contributed by atoms with Crippen molar-refractivity contribution in [1.29, 1.82) is 0 Å². The summed E-state index contributed by atoms with van der Waals surface area (Å²) < 4.78 is 53.4. The number of nitrogens with zero attached hydrogens (tertiary/aromatic N) is 2. The minimum Gasteiger partial charge on any atom is -0.861 e. The molecule has 0 fully saturated rings. The fraction of sp³-hybridized carbons (Fsp3) is 0.100. The van der Waals surface area contributed by atoms with Crippen LogP contribution in [0.1, 0.15) is 0 Å². The van der Waals surface area contributed by atoms with Crippen LogP contribution in [-0.4, -0.2) is 29.0 Å². The van der Waals surface area contributed by atoms with Crippen molar-refractivity contribution < 1.29 is 106 Å². The van der Waals surface area contributed by atoms with Gasteiger partial charge < -0.3 is 24.1 Å². The molecule has 1 unspecified atom stereocenters. The molecule has 2 heterocycles. The first-order valence-electron chi connectivity index (χ1n) is 9.79. The maximum Gasteiger partial charge on any atom is 1.00 e. The smallest absolute Gasteiger partial charge is 0.861 e. The van der Waals surface area contributed by atoms with E-state index in [1.807, 2.05) is 0 Å². The number of ether oxygens (including phenoxy) is 1. The molecule has 0 saturated heterocycles. The van der Waals surface area contributed by atoms with Gasteiger partial charge in [0.25, 0.3) is 5.52 Å². The number of nitrogens with one attached hydrogen (secondary N) is 1. The van der Waals surface area contributed by atoms with Gasteiger partial charge >= 0.3 is 65.2 Å². The number of halogens is 2. The number of aliphatic imine (C=N–C) groups is 1. The third-order valence-corrected chi connectivity index (χ3v) is 8.80. The molecule has 5 rings (SSSR count). The van der Waals surface area contributed by atoms with Crippen LogP contribution in [0.4, 0.5) is 11.4 Å². The Kier molecular flexibility index (Phi) is 11.0. The topological polar surface area (TPSA) is 172 Å². The number of fused-ring (bicyclic) bond motifs is 6. The van der Waals surface area contributed by atoms with Crippen LogP contribution in [0.25, 0.3) is 21.9 Å². The Labute approximate surface area is 280 Å². The van der Waals surface area contributed by atoms with E-state index in [0.29, 0.717) is 39.1 Å². The van der Waals surface area contributed by atoms with Gasteiger partial charge in [-0.15, -0.1) is 0 Å². The second-order valence-electron chi connectivity index (χ2n) is 7.24. The summed E-state index contributed by atoms with van der Waals surface area (Å²) in [6.45, 7) is 0. The van der Waals surface area contributed by atoms with Crippen LogP contribution >= 0.6 is 43.9 Å². The quantitative estimate of drug-likeness (QED) is 0.0205. The van der Waals surface area contributed by atoms with Gasteiger partial charge in [0.1, 0.15) is 15.8 Å². The van der Waals surface area contributed by atoms with Crippen LogP contribution < -0.4 is 84.3 Å². The van der Waals surface area contributed by atoms with Crippen molar-refractivity contribution >= 4 is 93.2 Å². The molecule has 12 nitrogen and oxygen atoms in total. The monoisotopic (exact) mass is 705 g/mol. The molecule has 18 heteroatoms. The normalized spacial score (nSPS) is 13.5. The molecule has 1 atom stereocenters. The van der Waals surface area contributed by atoms with E-state index >= 15 is 0 Å². The van der Waals surface area contributed by atoms with Crippen molar-refractivity contribution in [3.8, 4) is 11.8 Å². The summed E-state index contributed by atoms with van der Waals surface area (Å²) in [6, 6.07) is 10.2. The van der Waals surface area contributed by atoms with Crippen molar-refractivity contribution in [3.05, 3.63) is 42.5 Å². The van der Waals surface area contributed by atoms with Crippen molar-refractivity contribution in [1.82, 2.24) is 0 Å². The van der Waals surface area contributed by atoms with Gasteiger partial charge in [-0.25, -0.2) is 8.42 Å². The third-order valence-electron chi connectivity index (χ3n) is 5.11. The van der Waals surface area contributed by atoms with Gasteiger partial charge in [-0.2, -0.15) is 9.76 Å². The van der Waals surface area contributed by atoms with E-state index < -0.39 is 25.7 Å². The number of hydrogen-bond donors (Lipinski definition) is 1. The molecule has 1 aliphatic heterocycles. The summed E-state index contributed by atoms with van der Waals surface area (Å²) >= 11 is 7.11. The van der Waals surface area contributed by atoms with Gasteiger partial charge in [0.2, 0.25) is 5.58 Å². The summed E-state index contributed by atoms with van der Waals surface area (Å²) in [6.07, 6.45) is -0.0281. The standard InChI is InChI=1S/C20H13Br2N3O9S2.2Na/c21-8-11(22)19(26)23-12-4-6-16(36(28,29)30)10-2-3-13-18(17(10)12)32-20-25(24-13)14-7-9(35-34-33-27)1-5-15(14)31-20;;/h1-7,11,24H,8H2,(H2-,23,26,27,28,29,30);;/q;2*+1/p-2. The molecule has 0 amide bonds. The predicted molar refractivity (Wildman–Crippen MR) is 129 cm³/mol. The van der Waals surface area contributed by atoms with Gasteiger partial charge in [0.15, 0.2) is 5.75 Å². The summed E-state index contributed by atoms with van der Waals surface area (Å²) in [5, 5.41) is 26.5. The number of oxazole rings is 1. The maximum absolute atomic E-state index is 12.5. The van der Waals surface area contributed by atoms with E-state index in [0.717, 1.165) is 6.07 Å². The molecule has 1 aromatic heterocycles. The minimum atomic E-state index is -4.86. The molecule has 0 radical (unpaired) electrons. The summed E-state index contributed by atoms with van der Waals surface area (Å²) in [5.74, 6) is -0.424. The van der Waals surface area contributed by atoms with Crippen LogP contribution in [0.5, 0.6) is 11.8 Å². The van der Waals surface area contributed by atoms with Crippen LogP contribution in [-0.2, 0) is 19.5 Å². The summed E-state index contributed by atoms with van der Waals surface area (Å²) in [4.78, 5) is 3.53. The molecule has 188 valence electrons. The average Bonchev–Trinajstić information content (AvgIpc) is 3.21. The molecule has 1 N–H and O–H groups in total. The number of aromatic nitrogens is 1. The fourth-order valence-corrected chi connectivity index (χ4v) is 5.05. The van der Waals surface area contributed by atoms with Gasteiger partial charge in [0.05, 0.1) is 32.8 Å². The zero-order valence-electron chi connectivity index (χ0n) is 19.5. The molecule has 4 aromatic rings. The number of alkyl halides is 2. The Hall–Kier alpha value is -0.440. The van der Waals surface area contributed by atoms with Gasteiger partial charge in [0, 0.05) is 26.4 Å². The number of anilines is 1. The SMILES string of the molecule is O=S(=O)([O-])c1ccc(N=C([O-])C(Br)CBr)c2c3c(ccc12)N[n+]1c(oc2ccc(SOO[O-])cc21)O3.[Na+].[Na+].